The Morgan fingerprint density at radius 2 is 2.00 bits per heavy atom. The highest BCUT2D eigenvalue weighted by Crippen LogP contribution is 1.84. The number of nitrogens with zero attached hydrogens (tertiary/aromatic N) is 1. The summed E-state index contributed by atoms with van der Waals surface area (Å²) in [6.45, 7) is -1.12. The highest BCUT2D eigenvalue weighted by Gasteiger charge is 2.07. The van der Waals surface area contributed by atoms with Crippen LogP contribution in [0.2, 0.25) is 0 Å². The Labute approximate surface area is 56.9 Å². The van der Waals surface area contributed by atoms with E-state index in [-0.39, 0.29) is 0 Å². The number of carbonyl (C=O) groups is 1. The molecular formula is C3H7ClN2O3. The highest BCUT2D eigenvalue weighted by atomic mass is 35.5. The summed E-state index contributed by atoms with van der Waals surface area (Å²) in [5, 5.41) is 16.5. The van der Waals surface area contributed by atoms with Crippen LogP contribution < -0.4 is 4.84 Å². The number of rotatable bonds is 2. The molecule has 0 aromatic heterocycles. The first-order chi connectivity index (χ1) is 4.26. The van der Waals surface area contributed by atoms with Crippen molar-refractivity contribution >= 4 is 17.8 Å². The molecule has 0 aromatic rings. The first-order valence-corrected chi connectivity index (χ1v) is 2.51. The lowest BCUT2D eigenvalue weighted by Crippen LogP contribution is -2.37. The van der Waals surface area contributed by atoms with Gasteiger partial charge in [-0.05, 0) is 0 Å². The van der Waals surface area contributed by atoms with Crippen molar-refractivity contribution in [2.45, 2.75) is 0 Å². The summed E-state index contributed by atoms with van der Waals surface area (Å²) in [6, 6.07) is -0.735. The molecule has 0 radical (unpaired) electrons. The third-order valence-electron chi connectivity index (χ3n) is 0.709. The number of hydrogen-bond acceptors (Lipinski definition) is 3. The van der Waals surface area contributed by atoms with Gasteiger partial charge in [-0.1, -0.05) is 0 Å². The van der Waals surface area contributed by atoms with Crippen LogP contribution in [0.5, 0.6) is 0 Å². The van der Waals surface area contributed by atoms with Crippen molar-refractivity contribution in [2.75, 3.05) is 13.5 Å². The number of carbonyl (C=O) groups excluding carboxylic acids is 1. The van der Waals surface area contributed by atoms with Crippen LogP contribution in [0.4, 0.5) is 4.79 Å². The minimum Gasteiger partial charge on any atom is -0.376 e. The molecule has 3 N–H and O–H groups in total. The summed E-state index contributed by atoms with van der Waals surface area (Å²) in [4.78, 5) is 12.7. The molecule has 0 aromatic carbocycles. The molecule has 2 amide bonds. The second-order valence-electron chi connectivity index (χ2n) is 1.22. The molecule has 6 heteroatoms. The number of amides is 2. The Morgan fingerprint density at radius 3 is 2.11 bits per heavy atom. The zero-order chi connectivity index (χ0) is 7.28. The lowest BCUT2D eigenvalue weighted by atomic mass is 10.8. The molecule has 0 heterocycles. The molecule has 0 saturated carbocycles. The van der Waals surface area contributed by atoms with Crippen LogP contribution in [0, 0.1) is 0 Å². The van der Waals surface area contributed by atoms with Gasteiger partial charge in [-0.25, -0.2) is 9.63 Å². The van der Waals surface area contributed by atoms with Crippen LogP contribution in [-0.4, -0.2) is 34.6 Å². The lowest BCUT2D eigenvalue weighted by molar-refractivity contribution is 0.0592. The number of hydrogen-bond donors (Lipinski definition) is 3. The smallest absolute Gasteiger partial charge is 0.335 e. The van der Waals surface area contributed by atoms with E-state index in [4.69, 9.17) is 22.0 Å². The van der Waals surface area contributed by atoms with Crippen LogP contribution in [0.1, 0.15) is 0 Å². The molecule has 0 saturated heterocycles. The quantitative estimate of drug-likeness (QED) is 0.355. The summed E-state index contributed by atoms with van der Waals surface area (Å²) in [6.07, 6.45) is 0. The molecule has 0 bridgehead atoms. The minimum atomic E-state index is -0.735. The summed E-state index contributed by atoms with van der Waals surface area (Å²) >= 11 is 4.84. The molecule has 0 aliphatic carbocycles. The maximum Gasteiger partial charge on any atom is 0.335 e. The minimum absolute atomic E-state index is 0.560. The molecular weight excluding hydrogens is 147 g/mol. The molecule has 0 atom stereocenters. The second-order valence-corrected chi connectivity index (χ2v) is 1.41. The van der Waals surface area contributed by atoms with Gasteiger partial charge in [-0.2, -0.15) is 0 Å². The Balaban J connectivity index is 3.64. The molecule has 0 aliphatic heterocycles. The zero-order valence-corrected chi connectivity index (χ0v) is 5.30. The first-order valence-electron chi connectivity index (χ1n) is 2.13. The maximum atomic E-state index is 10.3. The SMILES string of the molecule is O=C(NCl)N(CO)CO. The van der Waals surface area contributed by atoms with Crippen LogP contribution >= 0.6 is 11.8 Å². The van der Waals surface area contributed by atoms with Gasteiger partial charge < -0.3 is 10.2 Å². The molecule has 0 fully saturated rings. The fourth-order valence-electron chi connectivity index (χ4n) is 0.233. The third kappa shape index (κ3) is 2.50. The first kappa shape index (κ1) is 8.48. The monoisotopic (exact) mass is 154 g/mol. The van der Waals surface area contributed by atoms with Crippen LogP contribution in [0.3, 0.4) is 0 Å². The van der Waals surface area contributed by atoms with Crippen LogP contribution in [-0.2, 0) is 0 Å². The molecule has 5 nitrogen and oxygen atoms in total. The van der Waals surface area contributed by atoms with E-state index in [0.29, 0.717) is 4.90 Å². The van der Waals surface area contributed by atoms with Crippen LogP contribution in [0.25, 0.3) is 0 Å². The summed E-state index contributed by atoms with van der Waals surface area (Å²) < 4.78 is 0. The number of nitrogens with one attached hydrogen (secondary N) is 1. The Hall–Kier alpha value is -0.520. The fourth-order valence-corrected chi connectivity index (χ4v) is 0.352. The van der Waals surface area contributed by atoms with Gasteiger partial charge in [0.1, 0.15) is 13.5 Å². The van der Waals surface area contributed by atoms with Crippen molar-refractivity contribution in [3.63, 3.8) is 0 Å². The number of halogens is 1. The molecule has 0 rings (SSSR count). The topological polar surface area (TPSA) is 72.8 Å². The van der Waals surface area contributed by atoms with Crippen LogP contribution in [0.15, 0.2) is 0 Å². The van der Waals surface area contributed by atoms with Crippen molar-refractivity contribution in [2.24, 2.45) is 0 Å². The number of urea groups is 1. The van der Waals surface area contributed by atoms with E-state index in [1.165, 1.54) is 0 Å². The van der Waals surface area contributed by atoms with Crippen molar-refractivity contribution < 1.29 is 15.0 Å². The normalized spacial score (nSPS) is 8.78. The highest BCUT2D eigenvalue weighted by molar-refractivity contribution is 6.21. The van der Waals surface area contributed by atoms with Gasteiger partial charge in [0.15, 0.2) is 0 Å². The van der Waals surface area contributed by atoms with E-state index in [2.05, 4.69) is 0 Å². The predicted molar refractivity (Wildman–Crippen MR) is 30.4 cm³/mol. The molecule has 54 valence electrons. The summed E-state index contributed by atoms with van der Waals surface area (Å²) in [5.41, 5.74) is 0. The van der Waals surface area contributed by atoms with E-state index in [1.807, 2.05) is 0 Å². The van der Waals surface area contributed by atoms with Gasteiger partial charge in [-0.15, -0.1) is 0 Å². The van der Waals surface area contributed by atoms with Gasteiger partial charge in [0.2, 0.25) is 0 Å². The molecule has 0 unspecified atom stereocenters. The van der Waals surface area contributed by atoms with E-state index in [1.54, 1.807) is 4.84 Å². The molecule has 0 aliphatic rings. The summed E-state index contributed by atoms with van der Waals surface area (Å²) in [7, 11) is 0. The number of aliphatic hydroxyl groups excluding tert-OH is 2. The molecule has 0 spiro atoms. The van der Waals surface area contributed by atoms with E-state index in [9.17, 15) is 4.79 Å². The van der Waals surface area contributed by atoms with Crippen molar-refractivity contribution in [3.05, 3.63) is 0 Å². The van der Waals surface area contributed by atoms with Gasteiger partial charge in [0.05, 0.1) is 0 Å². The standard InChI is InChI=1S/C3H7ClN2O3/c4-5-3(9)6(1-7)2-8/h7-8H,1-2H2,(H,5,9). The Morgan fingerprint density at radius 1 is 1.56 bits per heavy atom. The van der Waals surface area contributed by atoms with Crippen molar-refractivity contribution in [1.29, 1.82) is 0 Å². The average molecular weight is 155 g/mol. The maximum absolute atomic E-state index is 10.3. The van der Waals surface area contributed by atoms with Crippen molar-refractivity contribution in [1.82, 2.24) is 9.74 Å². The van der Waals surface area contributed by atoms with Crippen molar-refractivity contribution in [3.8, 4) is 0 Å². The zero-order valence-electron chi connectivity index (χ0n) is 4.54. The summed E-state index contributed by atoms with van der Waals surface area (Å²) in [5.74, 6) is 0. The average Bonchev–Trinajstić information content (AvgIpc) is 1.90. The van der Waals surface area contributed by atoms with E-state index >= 15 is 0 Å². The fraction of sp³-hybridized carbons (Fsp3) is 0.667. The van der Waals surface area contributed by atoms with Gasteiger partial charge in [-0.3, -0.25) is 4.90 Å². The predicted octanol–water partition coefficient (Wildman–Crippen LogP) is -0.949. The van der Waals surface area contributed by atoms with E-state index < -0.39 is 19.5 Å². The Bertz CT molecular complexity index is 95.1. The van der Waals surface area contributed by atoms with Gasteiger partial charge >= 0.3 is 6.03 Å². The molecule has 9 heavy (non-hydrogen) atoms. The largest absolute Gasteiger partial charge is 0.376 e. The second kappa shape index (κ2) is 4.37. The third-order valence-corrected chi connectivity index (χ3v) is 0.871. The Kier molecular flexibility index (Phi) is 4.12. The van der Waals surface area contributed by atoms with E-state index in [0.717, 1.165) is 0 Å². The lowest BCUT2D eigenvalue weighted by Gasteiger charge is -2.13. The number of aliphatic hydroxyl groups is 2. The van der Waals surface area contributed by atoms with Gasteiger partial charge in [0, 0.05) is 11.8 Å². The van der Waals surface area contributed by atoms with Gasteiger partial charge in [0.25, 0.3) is 0 Å².